The van der Waals surface area contributed by atoms with Crippen molar-refractivity contribution in [1.29, 1.82) is 0 Å². The van der Waals surface area contributed by atoms with Crippen LogP contribution in [0.3, 0.4) is 0 Å². The summed E-state index contributed by atoms with van der Waals surface area (Å²) in [6, 6.07) is 0. The first kappa shape index (κ1) is 9.02. The van der Waals surface area contributed by atoms with Gasteiger partial charge >= 0.3 is 0 Å². The molecular formula is C7H13BrO. The van der Waals surface area contributed by atoms with E-state index in [4.69, 9.17) is 4.74 Å². The van der Waals surface area contributed by atoms with E-state index in [0.717, 1.165) is 17.5 Å². The molecule has 0 aromatic rings. The summed E-state index contributed by atoms with van der Waals surface area (Å²) < 4.78 is 6.17. The highest BCUT2D eigenvalue weighted by Gasteiger charge is 1.81. The third kappa shape index (κ3) is 8.02. The molecule has 0 bridgehead atoms. The molecule has 0 atom stereocenters. The third-order valence-electron chi connectivity index (χ3n) is 0.861. The smallest absolute Gasteiger partial charge is 0.0927 e. The summed E-state index contributed by atoms with van der Waals surface area (Å²) in [6.07, 6.45) is 4.06. The zero-order chi connectivity index (χ0) is 7.11. The van der Waals surface area contributed by atoms with Crippen molar-refractivity contribution >= 4 is 15.9 Å². The molecule has 0 rings (SSSR count). The van der Waals surface area contributed by atoms with E-state index in [1.165, 1.54) is 6.42 Å². The molecule has 0 saturated carbocycles. The van der Waals surface area contributed by atoms with Crippen molar-refractivity contribution in [3.63, 3.8) is 0 Å². The van der Waals surface area contributed by atoms with Gasteiger partial charge in [-0.25, -0.2) is 0 Å². The average Bonchev–Trinajstić information content (AvgIpc) is 1.80. The van der Waals surface area contributed by atoms with E-state index < -0.39 is 0 Å². The van der Waals surface area contributed by atoms with Crippen molar-refractivity contribution in [2.24, 2.45) is 0 Å². The van der Waals surface area contributed by atoms with Crippen molar-refractivity contribution in [3.8, 4) is 0 Å². The molecule has 0 spiro atoms. The lowest BCUT2D eigenvalue weighted by atomic mass is 10.4. The Hall–Kier alpha value is 0.0200. The summed E-state index contributed by atoms with van der Waals surface area (Å²) in [5, 5.41) is 0. The summed E-state index contributed by atoms with van der Waals surface area (Å²) in [5.74, 6) is 0. The van der Waals surface area contributed by atoms with E-state index in [9.17, 15) is 0 Å². The van der Waals surface area contributed by atoms with E-state index in [0.29, 0.717) is 0 Å². The Morgan fingerprint density at radius 1 is 1.67 bits per heavy atom. The highest BCUT2D eigenvalue weighted by molar-refractivity contribution is 9.11. The molecular weight excluding hydrogens is 180 g/mol. The van der Waals surface area contributed by atoms with Crippen LogP contribution in [0, 0.1) is 0 Å². The molecule has 0 aliphatic carbocycles. The van der Waals surface area contributed by atoms with Crippen molar-refractivity contribution in [3.05, 3.63) is 10.7 Å². The molecule has 0 aromatic carbocycles. The predicted octanol–water partition coefficient (Wildman–Crippen LogP) is 3.06. The van der Waals surface area contributed by atoms with Crippen molar-refractivity contribution in [2.75, 3.05) is 6.61 Å². The van der Waals surface area contributed by atoms with Crippen LogP contribution in [0.25, 0.3) is 0 Å². The van der Waals surface area contributed by atoms with Gasteiger partial charge in [-0.05, 0) is 13.3 Å². The number of ether oxygens (including phenoxy) is 1. The van der Waals surface area contributed by atoms with Gasteiger partial charge in [0.25, 0.3) is 0 Å². The van der Waals surface area contributed by atoms with E-state index in [-0.39, 0.29) is 0 Å². The first-order valence-electron chi connectivity index (χ1n) is 3.21. The van der Waals surface area contributed by atoms with Gasteiger partial charge in [-0.1, -0.05) is 29.3 Å². The predicted molar refractivity (Wildman–Crippen MR) is 43.5 cm³/mol. The largest absolute Gasteiger partial charge is 0.500 e. The number of hydrogen-bond acceptors (Lipinski definition) is 1. The molecule has 0 heterocycles. The molecule has 9 heavy (non-hydrogen) atoms. The summed E-state index contributed by atoms with van der Waals surface area (Å²) >= 11 is 3.26. The van der Waals surface area contributed by atoms with Crippen LogP contribution in [0.15, 0.2) is 10.7 Å². The van der Waals surface area contributed by atoms with Crippen LogP contribution in [0.5, 0.6) is 0 Å². The fourth-order valence-corrected chi connectivity index (χ4v) is 0.534. The molecule has 0 N–H and O–H groups in total. The molecule has 2 heteroatoms. The molecule has 0 amide bonds. The van der Waals surface area contributed by atoms with Crippen molar-refractivity contribution in [1.82, 2.24) is 0 Å². The molecule has 0 aliphatic heterocycles. The summed E-state index contributed by atoms with van der Waals surface area (Å²) in [5.41, 5.74) is 0. The fraction of sp³-hybridized carbons (Fsp3) is 0.714. The highest BCUT2D eigenvalue weighted by atomic mass is 79.9. The Balaban J connectivity index is 3.00. The lowest BCUT2D eigenvalue weighted by molar-refractivity contribution is 0.243. The zero-order valence-electron chi connectivity index (χ0n) is 5.98. The van der Waals surface area contributed by atoms with Gasteiger partial charge in [0.2, 0.25) is 0 Å². The Labute approximate surface area is 65.2 Å². The maximum absolute atomic E-state index is 5.13. The molecule has 0 fully saturated rings. The molecule has 0 radical (unpaired) electrons. The fourth-order valence-electron chi connectivity index (χ4n) is 0.401. The van der Waals surface area contributed by atoms with Gasteiger partial charge < -0.3 is 4.74 Å². The van der Waals surface area contributed by atoms with Crippen LogP contribution in [0.4, 0.5) is 0 Å². The van der Waals surface area contributed by atoms with Gasteiger partial charge in [-0.15, -0.1) is 0 Å². The van der Waals surface area contributed by atoms with Gasteiger partial charge in [-0.3, -0.25) is 0 Å². The summed E-state index contributed by atoms with van der Waals surface area (Å²) in [7, 11) is 0. The van der Waals surface area contributed by atoms with E-state index in [1.807, 2.05) is 6.92 Å². The maximum Gasteiger partial charge on any atom is 0.0927 e. The minimum Gasteiger partial charge on any atom is -0.500 e. The Bertz CT molecular complexity index is 84.9. The topological polar surface area (TPSA) is 9.23 Å². The summed E-state index contributed by atoms with van der Waals surface area (Å²) in [6.45, 7) is 4.93. The van der Waals surface area contributed by atoms with Gasteiger partial charge in [0.1, 0.15) is 0 Å². The van der Waals surface area contributed by atoms with Crippen LogP contribution in [-0.4, -0.2) is 6.61 Å². The Kier molecular flexibility index (Phi) is 6.16. The van der Waals surface area contributed by atoms with Crippen LogP contribution in [-0.2, 0) is 4.74 Å². The molecule has 1 nitrogen and oxygen atoms in total. The van der Waals surface area contributed by atoms with E-state index in [2.05, 4.69) is 22.9 Å². The van der Waals surface area contributed by atoms with Crippen molar-refractivity contribution in [2.45, 2.75) is 26.7 Å². The number of unbranched alkanes of at least 4 members (excludes halogenated alkanes) is 1. The van der Waals surface area contributed by atoms with E-state index >= 15 is 0 Å². The molecule has 0 saturated heterocycles. The first-order chi connectivity index (χ1) is 4.27. The Morgan fingerprint density at radius 3 is 2.78 bits per heavy atom. The second-order valence-electron chi connectivity index (χ2n) is 1.93. The monoisotopic (exact) mass is 192 g/mol. The standard InChI is InChI=1S/C7H13BrO/c1-3-4-5-9-6-7(2)8/h6H,3-5H2,1-2H3/b7-6-. The SMILES string of the molecule is CCCCO/C=C(/C)Br. The van der Waals surface area contributed by atoms with Crippen LogP contribution in [0.2, 0.25) is 0 Å². The molecule has 0 aromatic heterocycles. The number of hydrogen-bond donors (Lipinski definition) is 0. The lowest BCUT2D eigenvalue weighted by Gasteiger charge is -1.96. The maximum atomic E-state index is 5.13. The van der Waals surface area contributed by atoms with Gasteiger partial charge in [-0.2, -0.15) is 0 Å². The first-order valence-corrected chi connectivity index (χ1v) is 4.00. The molecule has 0 aliphatic rings. The van der Waals surface area contributed by atoms with Gasteiger partial charge in [0.15, 0.2) is 0 Å². The van der Waals surface area contributed by atoms with Gasteiger partial charge in [0.05, 0.1) is 12.9 Å². The second kappa shape index (κ2) is 6.14. The lowest BCUT2D eigenvalue weighted by Crippen LogP contribution is -1.84. The normalized spacial score (nSPS) is 11.7. The zero-order valence-corrected chi connectivity index (χ0v) is 7.57. The number of halogens is 1. The number of rotatable bonds is 4. The minimum absolute atomic E-state index is 0.833. The van der Waals surface area contributed by atoms with Crippen LogP contribution >= 0.6 is 15.9 Å². The number of allylic oxidation sites excluding steroid dienone is 1. The molecule has 54 valence electrons. The third-order valence-corrected chi connectivity index (χ3v) is 1.05. The van der Waals surface area contributed by atoms with Gasteiger partial charge in [0, 0.05) is 4.48 Å². The second-order valence-corrected chi connectivity index (χ2v) is 3.18. The molecule has 0 unspecified atom stereocenters. The minimum atomic E-state index is 0.833. The quantitative estimate of drug-likeness (QED) is 0.492. The summed E-state index contributed by atoms with van der Waals surface area (Å²) in [4.78, 5) is 0. The van der Waals surface area contributed by atoms with E-state index in [1.54, 1.807) is 6.26 Å². The van der Waals surface area contributed by atoms with Crippen molar-refractivity contribution < 1.29 is 4.74 Å². The Morgan fingerprint density at radius 2 is 2.33 bits per heavy atom. The van der Waals surface area contributed by atoms with Crippen LogP contribution < -0.4 is 0 Å². The highest BCUT2D eigenvalue weighted by Crippen LogP contribution is 2.01. The average molecular weight is 193 g/mol. The van der Waals surface area contributed by atoms with Crippen LogP contribution in [0.1, 0.15) is 26.7 Å².